The minimum atomic E-state index is -2.64. The summed E-state index contributed by atoms with van der Waals surface area (Å²) in [6.07, 6.45) is 3.20. The predicted octanol–water partition coefficient (Wildman–Crippen LogP) is 2.78. The van der Waals surface area contributed by atoms with Crippen LogP contribution in [0.25, 0.3) is 0 Å². The van der Waals surface area contributed by atoms with E-state index < -0.39 is 8.80 Å². The smallest absolute Gasteiger partial charge is 0.465 e. The average Bonchev–Trinajstić information content (AvgIpc) is 3.33. The molecule has 0 aromatic rings. The van der Waals surface area contributed by atoms with Crippen molar-refractivity contribution >= 4 is 14.8 Å². The summed E-state index contributed by atoms with van der Waals surface area (Å²) in [5.74, 6) is 0.148. The van der Waals surface area contributed by atoms with Crippen LogP contribution in [0.3, 0.4) is 0 Å². The fourth-order valence-corrected chi connectivity index (χ4v) is 6.17. The molecule has 0 aromatic heterocycles. The van der Waals surface area contributed by atoms with Crippen molar-refractivity contribution in [3.05, 3.63) is 0 Å². The molecule has 0 amide bonds. The number of hydrogen-bond acceptors (Lipinski definition) is 6. The lowest BCUT2D eigenvalue weighted by molar-refractivity contribution is -0.151. The van der Waals surface area contributed by atoms with Gasteiger partial charge in [0.05, 0.1) is 24.7 Å². The maximum atomic E-state index is 12.3. The van der Waals surface area contributed by atoms with Gasteiger partial charge in [0.1, 0.15) is 0 Å². The standard InChI is InChI=1S/C17H32O6Si/c1-5-20-24(21-6-2,22-7-3)12-8-11-19-17(18)14-9-10-15-16(23-15)13(14)4/h13-16H,5-12H2,1-4H3. The highest BCUT2D eigenvalue weighted by Crippen LogP contribution is 2.44. The molecule has 6 nitrogen and oxygen atoms in total. The highest BCUT2D eigenvalue weighted by molar-refractivity contribution is 6.60. The monoisotopic (exact) mass is 360 g/mol. The molecular formula is C17H32O6Si. The third-order valence-corrected chi connectivity index (χ3v) is 7.96. The van der Waals surface area contributed by atoms with E-state index in [0.29, 0.717) is 45.0 Å². The van der Waals surface area contributed by atoms with Crippen LogP contribution >= 0.6 is 0 Å². The molecule has 1 heterocycles. The van der Waals surface area contributed by atoms with E-state index in [4.69, 9.17) is 22.8 Å². The lowest BCUT2D eigenvalue weighted by Gasteiger charge is -2.28. The van der Waals surface area contributed by atoms with Crippen LogP contribution < -0.4 is 0 Å². The number of epoxide rings is 1. The summed E-state index contributed by atoms with van der Waals surface area (Å²) >= 11 is 0. The summed E-state index contributed by atoms with van der Waals surface area (Å²) < 4.78 is 28.5. The van der Waals surface area contributed by atoms with E-state index in [-0.39, 0.29) is 23.9 Å². The summed E-state index contributed by atoms with van der Waals surface area (Å²) in [6.45, 7) is 9.99. The van der Waals surface area contributed by atoms with Gasteiger partial charge in [-0.2, -0.15) is 0 Å². The summed E-state index contributed by atoms with van der Waals surface area (Å²) in [7, 11) is -2.64. The topological polar surface area (TPSA) is 66.5 Å². The molecule has 4 unspecified atom stereocenters. The zero-order valence-corrected chi connectivity index (χ0v) is 16.4. The minimum Gasteiger partial charge on any atom is -0.465 e. The van der Waals surface area contributed by atoms with Crippen LogP contribution in [-0.2, 0) is 27.5 Å². The fraction of sp³-hybridized carbons (Fsp3) is 0.941. The third-order valence-electron chi connectivity index (χ3n) is 4.80. The molecule has 2 aliphatic rings. The van der Waals surface area contributed by atoms with Gasteiger partial charge in [0, 0.05) is 25.9 Å². The van der Waals surface area contributed by atoms with Gasteiger partial charge in [0.2, 0.25) is 0 Å². The number of carbonyl (C=O) groups is 1. The van der Waals surface area contributed by atoms with Crippen molar-refractivity contribution in [1.29, 1.82) is 0 Å². The molecule has 1 aliphatic heterocycles. The van der Waals surface area contributed by atoms with Gasteiger partial charge in [-0.1, -0.05) is 6.92 Å². The second-order valence-corrected chi connectivity index (χ2v) is 9.17. The van der Waals surface area contributed by atoms with Gasteiger partial charge in [-0.25, -0.2) is 0 Å². The maximum absolute atomic E-state index is 12.3. The van der Waals surface area contributed by atoms with Gasteiger partial charge in [0.15, 0.2) is 0 Å². The third kappa shape index (κ3) is 5.02. The predicted molar refractivity (Wildman–Crippen MR) is 91.6 cm³/mol. The van der Waals surface area contributed by atoms with Crippen molar-refractivity contribution in [3.8, 4) is 0 Å². The number of carbonyl (C=O) groups excluding carboxylic acids is 1. The van der Waals surface area contributed by atoms with Crippen LogP contribution in [0.15, 0.2) is 0 Å². The molecule has 140 valence electrons. The van der Waals surface area contributed by atoms with E-state index >= 15 is 0 Å². The first kappa shape index (κ1) is 19.8. The minimum absolute atomic E-state index is 0.0265. The number of rotatable bonds is 11. The zero-order valence-electron chi connectivity index (χ0n) is 15.4. The lowest BCUT2D eigenvalue weighted by Crippen LogP contribution is -2.46. The summed E-state index contributed by atoms with van der Waals surface area (Å²) in [4.78, 5) is 12.3. The first-order valence-electron chi connectivity index (χ1n) is 9.30. The van der Waals surface area contributed by atoms with E-state index in [1.54, 1.807) is 0 Å². The Morgan fingerprint density at radius 1 is 1.08 bits per heavy atom. The molecule has 0 N–H and O–H groups in total. The Bertz CT molecular complexity index is 388. The fourth-order valence-electron chi connectivity index (χ4n) is 3.59. The van der Waals surface area contributed by atoms with E-state index in [2.05, 4.69) is 6.92 Å². The number of esters is 1. The molecule has 0 spiro atoms. The van der Waals surface area contributed by atoms with Crippen molar-refractivity contribution in [2.75, 3.05) is 26.4 Å². The summed E-state index contributed by atoms with van der Waals surface area (Å²) in [5, 5.41) is 0. The van der Waals surface area contributed by atoms with Crippen LogP contribution in [0.2, 0.25) is 6.04 Å². The van der Waals surface area contributed by atoms with Gasteiger partial charge in [-0.15, -0.1) is 0 Å². The van der Waals surface area contributed by atoms with E-state index in [1.165, 1.54) is 0 Å². The Balaban J connectivity index is 1.74. The Morgan fingerprint density at radius 2 is 1.71 bits per heavy atom. The van der Waals surface area contributed by atoms with Crippen LogP contribution in [0.1, 0.15) is 47.0 Å². The summed E-state index contributed by atoms with van der Waals surface area (Å²) in [6, 6.07) is 0.670. The SMILES string of the molecule is CCO[Si](CCCOC(=O)C1CCC2OC2C1C)(OCC)OCC. The maximum Gasteiger partial charge on any atom is 0.501 e. The van der Waals surface area contributed by atoms with Gasteiger partial charge in [-0.3, -0.25) is 4.79 Å². The van der Waals surface area contributed by atoms with E-state index in [9.17, 15) is 4.79 Å². The van der Waals surface area contributed by atoms with Crippen LogP contribution in [0.5, 0.6) is 0 Å². The molecule has 0 radical (unpaired) electrons. The Labute approximate surface area is 146 Å². The van der Waals surface area contributed by atoms with Crippen molar-refractivity contribution in [3.63, 3.8) is 0 Å². The summed E-state index contributed by atoms with van der Waals surface area (Å²) in [5.41, 5.74) is 0. The van der Waals surface area contributed by atoms with Gasteiger partial charge in [-0.05, 0) is 46.0 Å². The van der Waals surface area contributed by atoms with Crippen molar-refractivity contribution in [2.24, 2.45) is 11.8 Å². The average molecular weight is 361 g/mol. The van der Waals surface area contributed by atoms with Gasteiger partial charge < -0.3 is 22.8 Å². The number of ether oxygens (including phenoxy) is 2. The lowest BCUT2D eigenvalue weighted by atomic mass is 9.80. The molecule has 1 aliphatic carbocycles. The first-order valence-corrected chi connectivity index (χ1v) is 11.2. The molecule has 0 aromatic carbocycles. The largest absolute Gasteiger partial charge is 0.501 e. The number of hydrogen-bond donors (Lipinski definition) is 0. The van der Waals surface area contributed by atoms with Gasteiger partial charge in [0.25, 0.3) is 0 Å². The molecule has 1 saturated heterocycles. The molecule has 1 saturated carbocycles. The second-order valence-electron chi connectivity index (χ2n) is 6.44. The van der Waals surface area contributed by atoms with Crippen LogP contribution in [-0.4, -0.2) is 53.4 Å². The molecule has 24 heavy (non-hydrogen) atoms. The normalized spacial score (nSPS) is 29.2. The van der Waals surface area contributed by atoms with Crippen LogP contribution in [0.4, 0.5) is 0 Å². The molecule has 2 fully saturated rings. The van der Waals surface area contributed by atoms with E-state index in [1.807, 2.05) is 20.8 Å². The molecule has 0 bridgehead atoms. The Kier molecular flexibility index (Phi) is 7.68. The highest BCUT2D eigenvalue weighted by Gasteiger charge is 2.51. The quantitative estimate of drug-likeness (QED) is 0.244. The Morgan fingerprint density at radius 3 is 2.29 bits per heavy atom. The second kappa shape index (κ2) is 9.29. The van der Waals surface area contributed by atoms with Crippen molar-refractivity contribution in [2.45, 2.75) is 65.2 Å². The van der Waals surface area contributed by atoms with E-state index in [0.717, 1.165) is 12.8 Å². The molecule has 2 rings (SSSR count). The van der Waals surface area contributed by atoms with Crippen LogP contribution in [0, 0.1) is 11.8 Å². The number of fused-ring (bicyclic) bond motifs is 1. The first-order chi connectivity index (χ1) is 11.6. The van der Waals surface area contributed by atoms with Gasteiger partial charge >= 0.3 is 14.8 Å². The zero-order chi connectivity index (χ0) is 17.6. The van der Waals surface area contributed by atoms with Crippen molar-refractivity contribution in [1.82, 2.24) is 0 Å². The molecule has 4 atom stereocenters. The highest BCUT2D eigenvalue weighted by atomic mass is 28.4. The van der Waals surface area contributed by atoms with Crippen molar-refractivity contribution < 1.29 is 27.5 Å². The molecule has 7 heteroatoms. The Hall–Kier alpha value is -0.473. The molecular weight excluding hydrogens is 328 g/mol.